The SMILES string of the molecule is C[C@@H]1CC(F)(F)CN(C(=O)c2nn(C)cc2-c2ncccn2)[C@@H]1CNc1ncc(C(F)(F)F)cn1. The van der Waals surface area contributed by atoms with Crippen molar-refractivity contribution in [1.29, 1.82) is 0 Å². The molecule has 4 rings (SSSR count). The summed E-state index contributed by atoms with van der Waals surface area (Å²) in [5.74, 6) is -4.42. The zero-order valence-corrected chi connectivity index (χ0v) is 18.7. The molecule has 1 N–H and O–H groups in total. The van der Waals surface area contributed by atoms with E-state index in [4.69, 9.17) is 0 Å². The number of carbonyl (C=O) groups is 1. The Bertz CT molecular complexity index is 1180. The number of rotatable bonds is 5. The van der Waals surface area contributed by atoms with Crippen molar-refractivity contribution in [2.45, 2.75) is 31.5 Å². The van der Waals surface area contributed by atoms with E-state index in [0.29, 0.717) is 12.4 Å². The van der Waals surface area contributed by atoms with Crippen molar-refractivity contribution in [1.82, 2.24) is 34.6 Å². The van der Waals surface area contributed by atoms with E-state index in [1.807, 2.05) is 0 Å². The van der Waals surface area contributed by atoms with Gasteiger partial charge in [-0.1, -0.05) is 6.92 Å². The number of halogens is 5. The monoisotopic (exact) mass is 496 g/mol. The Hall–Kier alpha value is -3.71. The first-order chi connectivity index (χ1) is 16.4. The minimum atomic E-state index is -4.59. The van der Waals surface area contributed by atoms with Crippen molar-refractivity contribution >= 4 is 11.9 Å². The topological polar surface area (TPSA) is 102 Å². The zero-order chi connectivity index (χ0) is 25.4. The highest BCUT2D eigenvalue weighted by molar-refractivity contribution is 5.98. The van der Waals surface area contributed by atoms with Crippen LogP contribution in [-0.4, -0.2) is 65.6 Å². The largest absolute Gasteiger partial charge is 0.419 e. The van der Waals surface area contributed by atoms with E-state index in [0.717, 1.165) is 4.90 Å². The number of aryl methyl sites for hydroxylation is 1. The van der Waals surface area contributed by atoms with Crippen molar-refractivity contribution < 1.29 is 26.7 Å². The first kappa shape index (κ1) is 24.4. The number of anilines is 1. The molecule has 3 aromatic rings. The fourth-order valence-corrected chi connectivity index (χ4v) is 4.02. The van der Waals surface area contributed by atoms with Crippen LogP contribution < -0.4 is 5.32 Å². The fourth-order valence-electron chi connectivity index (χ4n) is 4.02. The minimum absolute atomic E-state index is 0.0572. The van der Waals surface area contributed by atoms with E-state index in [9.17, 15) is 26.7 Å². The summed E-state index contributed by atoms with van der Waals surface area (Å²) in [5, 5.41) is 6.93. The summed E-state index contributed by atoms with van der Waals surface area (Å²) in [7, 11) is 1.58. The summed E-state index contributed by atoms with van der Waals surface area (Å²) in [5.41, 5.74) is -0.812. The maximum Gasteiger partial charge on any atom is 0.419 e. The second-order valence-corrected chi connectivity index (χ2v) is 8.35. The van der Waals surface area contributed by atoms with Gasteiger partial charge in [-0.25, -0.2) is 28.7 Å². The summed E-state index contributed by atoms with van der Waals surface area (Å²) in [6.45, 7) is 0.674. The van der Waals surface area contributed by atoms with Gasteiger partial charge < -0.3 is 10.2 Å². The molecule has 14 heteroatoms. The van der Waals surface area contributed by atoms with Gasteiger partial charge in [-0.2, -0.15) is 18.3 Å². The maximum atomic E-state index is 14.5. The van der Waals surface area contributed by atoms with E-state index in [1.165, 1.54) is 23.3 Å². The summed E-state index contributed by atoms with van der Waals surface area (Å²) in [6, 6.07) is 0.860. The number of nitrogens with one attached hydrogen (secondary N) is 1. The van der Waals surface area contributed by atoms with E-state index >= 15 is 0 Å². The smallest absolute Gasteiger partial charge is 0.352 e. The van der Waals surface area contributed by atoms with Crippen LogP contribution in [0.5, 0.6) is 0 Å². The number of carbonyl (C=O) groups excluding carboxylic acids is 1. The normalized spacial score (nSPS) is 20.0. The van der Waals surface area contributed by atoms with Gasteiger partial charge in [0.25, 0.3) is 11.8 Å². The second kappa shape index (κ2) is 9.15. The Morgan fingerprint density at radius 1 is 1.17 bits per heavy atom. The predicted molar refractivity (Wildman–Crippen MR) is 113 cm³/mol. The Balaban J connectivity index is 1.60. The standard InChI is InChI=1S/C21H21F5N8O/c1-12-6-20(22,23)11-34(15(12)9-31-19-29-7-13(8-30-19)21(24,25)26)18(35)16-14(10-33(2)32-16)17-27-4-3-5-28-17/h3-5,7-8,10,12,15H,6,9,11H2,1-2H3,(H,29,30,31)/t12-,15-/m1/s1. The zero-order valence-electron chi connectivity index (χ0n) is 18.7. The molecule has 0 unspecified atom stereocenters. The van der Waals surface area contributed by atoms with Gasteiger partial charge in [0.2, 0.25) is 5.95 Å². The van der Waals surface area contributed by atoms with Gasteiger partial charge in [-0.3, -0.25) is 9.48 Å². The van der Waals surface area contributed by atoms with Crippen LogP contribution in [0.15, 0.2) is 37.1 Å². The summed E-state index contributed by atoms with van der Waals surface area (Å²) >= 11 is 0. The molecule has 1 amide bonds. The number of nitrogens with zero attached hydrogens (tertiary/aromatic N) is 7. The minimum Gasteiger partial charge on any atom is -0.352 e. The first-order valence-corrected chi connectivity index (χ1v) is 10.6. The lowest BCUT2D eigenvalue weighted by Crippen LogP contribution is -2.57. The molecular weight excluding hydrogens is 475 g/mol. The predicted octanol–water partition coefficient (Wildman–Crippen LogP) is 3.28. The molecule has 4 heterocycles. The van der Waals surface area contributed by atoms with Gasteiger partial charge in [0.15, 0.2) is 11.5 Å². The van der Waals surface area contributed by atoms with Crippen LogP contribution in [0.25, 0.3) is 11.4 Å². The second-order valence-electron chi connectivity index (χ2n) is 8.35. The maximum absolute atomic E-state index is 14.5. The van der Waals surface area contributed by atoms with E-state index in [1.54, 1.807) is 20.0 Å². The lowest BCUT2D eigenvalue weighted by atomic mass is 9.88. The molecule has 0 aromatic carbocycles. The number of aromatic nitrogens is 6. The summed E-state index contributed by atoms with van der Waals surface area (Å²) in [6.07, 6.45) is 0.682. The molecule has 1 aliphatic heterocycles. The van der Waals surface area contributed by atoms with Crippen LogP contribution in [0.1, 0.15) is 29.4 Å². The molecule has 0 aliphatic carbocycles. The number of hydrogen-bond donors (Lipinski definition) is 1. The van der Waals surface area contributed by atoms with Gasteiger partial charge in [-0.15, -0.1) is 0 Å². The van der Waals surface area contributed by atoms with Gasteiger partial charge in [0, 0.05) is 51.0 Å². The molecule has 1 saturated heterocycles. The van der Waals surface area contributed by atoms with Gasteiger partial charge in [0.1, 0.15) is 0 Å². The van der Waals surface area contributed by atoms with Gasteiger partial charge >= 0.3 is 6.18 Å². The van der Waals surface area contributed by atoms with E-state index in [-0.39, 0.29) is 29.6 Å². The number of alkyl halides is 5. The van der Waals surface area contributed by atoms with Crippen molar-refractivity contribution in [3.8, 4) is 11.4 Å². The first-order valence-electron chi connectivity index (χ1n) is 10.6. The molecule has 1 aliphatic rings. The quantitative estimate of drug-likeness (QED) is 0.541. The van der Waals surface area contributed by atoms with E-state index in [2.05, 4.69) is 30.4 Å². The number of piperidine rings is 1. The van der Waals surface area contributed by atoms with Crippen molar-refractivity contribution in [3.63, 3.8) is 0 Å². The molecule has 0 spiro atoms. The summed E-state index contributed by atoms with van der Waals surface area (Å²) in [4.78, 5) is 30.0. The van der Waals surface area contributed by atoms with Crippen molar-refractivity contribution in [2.24, 2.45) is 13.0 Å². The average molecular weight is 496 g/mol. The molecule has 35 heavy (non-hydrogen) atoms. The third-order valence-electron chi connectivity index (χ3n) is 5.63. The third-order valence-corrected chi connectivity index (χ3v) is 5.63. The van der Waals surface area contributed by atoms with Crippen LogP contribution in [0, 0.1) is 5.92 Å². The van der Waals surface area contributed by atoms with Gasteiger partial charge in [0.05, 0.1) is 23.7 Å². The Kier molecular flexibility index (Phi) is 6.38. The Morgan fingerprint density at radius 2 is 1.83 bits per heavy atom. The average Bonchev–Trinajstić information content (AvgIpc) is 3.19. The van der Waals surface area contributed by atoms with Gasteiger partial charge in [-0.05, 0) is 12.0 Å². The molecule has 1 fully saturated rings. The molecule has 0 saturated carbocycles. The highest BCUT2D eigenvalue weighted by atomic mass is 19.4. The molecule has 3 aromatic heterocycles. The summed E-state index contributed by atoms with van der Waals surface area (Å²) < 4.78 is 68.6. The molecule has 9 nitrogen and oxygen atoms in total. The van der Waals surface area contributed by atoms with E-state index < -0.39 is 48.5 Å². The number of amides is 1. The van der Waals surface area contributed by atoms with Crippen LogP contribution in [-0.2, 0) is 13.2 Å². The highest BCUT2D eigenvalue weighted by Gasteiger charge is 2.47. The third kappa shape index (κ3) is 5.35. The lowest BCUT2D eigenvalue weighted by molar-refractivity contribution is -0.138. The molecular formula is C21H21F5N8O. The van der Waals surface area contributed by atoms with Crippen LogP contribution in [0.4, 0.5) is 27.9 Å². The number of likely N-dealkylation sites (tertiary alicyclic amines) is 1. The Morgan fingerprint density at radius 3 is 2.46 bits per heavy atom. The van der Waals surface area contributed by atoms with Crippen LogP contribution >= 0.6 is 0 Å². The van der Waals surface area contributed by atoms with Crippen LogP contribution in [0.3, 0.4) is 0 Å². The molecule has 186 valence electrons. The van der Waals surface area contributed by atoms with Crippen molar-refractivity contribution in [3.05, 3.63) is 48.3 Å². The molecule has 0 bridgehead atoms. The highest BCUT2D eigenvalue weighted by Crippen LogP contribution is 2.36. The van der Waals surface area contributed by atoms with Crippen LogP contribution in [0.2, 0.25) is 0 Å². The molecule has 2 atom stereocenters. The van der Waals surface area contributed by atoms with Crippen molar-refractivity contribution in [2.75, 3.05) is 18.4 Å². The lowest BCUT2D eigenvalue weighted by Gasteiger charge is -2.43. The number of hydrogen-bond acceptors (Lipinski definition) is 7. The fraction of sp³-hybridized carbons (Fsp3) is 0.429. The molecule has 0 radical (unpaired) electrons. The Labute approximate surface area is 196 Å².